The van der Waals surface area contributed by atoms with E-state index in [0.29, 0.717) is 22.0 Å². The van der Waals surface area contributed by atoms with Gasteiger partial charge in [-0.1, -0.05) is 71.7 Å². The highest BCUT2D eigenvalue weighted by Gasteiger charge is 2.24. The zero-order valence-corrected chi connectivity index (χ0v) is 16.0. The van der Waals surface area contributed by atoms with E-state index in [-0.39, 0.29) is 11.7 Å². The van der Waals surface area contributed by atoms with E-state index in [1.807, 2.05) is 60.8 Å². The van der Waals surface area contributed by atoms with Gasteiger partial charge in [0.2, 0.25) is 0 Å². The Balaban J connectivity index is 1.82. The zero-order valence-electron chi connectivity index (χ0n) is 14.5. The molecule has 0 radical (unpaired) electrons. The molecule has 1 aromatic heterocycles. The van der Waals surface area contributed by atoms with Crippen LogP contribution in [0.1, 0.15) is 33.8 Å². The van der Waals surface area contributed by atoms with E-state index in [4.69, 9.17) is 23.2 Å². The van der Waals surface area contributed by atoms with Crippen molar-refractivity contribution in [2.24, 2.45) is 0 Å². The van der Waals surface area contributed by atoms with Gasteiger partial charge in [-0.3, -0.25) is 4.79 Å². The Morgan fingerprint density at radius 1 is 0.889 bits per heavy atom. The number of carbonyl (C=O) groups is 1. The number of rotatable bonds is 5. The lowest BCUT2D eigenvalue weighted by Crippen LogP contribution is -2.09. The minimum Gasteiger partial charge on any atom is -0.361 e. The molecule has 4 heteroatoms. The van der Waals surface area contributed by atoms with Gasteiger partial charge in [-0.05, 0) is 35.4 Å². The molecule has 0 bridgehead atoms. The summed E-state index contributed by atoms with van der Waals surface area (Å²) in [7, 11) is 0. The summed E-state index contributed by atoms with van der Waals surface area (Å²) in [6.07, 6.45) is 2.27. The molecule has 2 nitrogen and oxygen atoms in total. The van der Waals surface area contributed by atoms with Crippen molar-refractivity contribution < 1.29 is 4.79 Å². The average molecular weight is 394 g/mol. The second-order valence-corrected chi connectivity index (χ2v) is 7.34. The van der Waals surface area contributed by atoms with Crippen molar-refractivity contribution in [3.8, 4) is 0 Å². The maximum absolute atomic E-state index is 13.0. The van der Waals surface area contributed by atoms with Gasteiger partial charge in [-0.15, -0.1) is 0 Å². The highest BCUT2D eigenvalue weighted by atomic mass is 35.5. The van der Waals surface area contributed by atoms with Crippen LogP contribution in [0.2, 0.25) is 10.0 Å². The quantitative estimate of drug-likeness (QED) is 0.368. The summed E-state index contributed by atoms with van der Waals surface area (Å²) in [6, 6.07) is 22.8. The topological polar surface area (TPSA) is 32.9 Å². The molecule has 0 aliphatic carbocycles. The van der Waals surface area contributed by atoms with Crippen molar-refractivity contribution in [3.05, 3.63) is 106 Å². The monoisotopic (exact) mass is 393 g/mol. The van der Waals surface area contributed by atoms with Gasteiger partial charge in [-0.25, -0.2) is 0 Å². The Labute approximate surface area is 167 Å². The van der Waals surface area contributed by atoms with Crippen molar-refractivity contribution in [1.29, 1.82) is 0 Å². The minimum atomic E-state index is -0.194. The Hall–Kier alpha value is -2.55. The largest absolute Gasteiger partial charge is 0.361 e. The van der Waals surface area contributed by atoms with Crippen LogP contribution in [-0.4, -0.2) is 10.8 Å². The first kappa shape index (κ1) is 17.8. The van der Waals surface area contributed by atoms with E-state index in [1.165, 1.54) is 0 Å². The van der Waals surface area contributed by atoms with Crippen molar-refractivity contribution in [1.82, 2.24) is 4.98 Å². The molecule has 0 saturated heterocycles. The number of hydrogen-bond donors (Lipinski definition) is 1. The van der Waals surface area contributed by atoms with E-state index in [0.717, 1.165) is 22.0 Å². The molecule has 1 atom stereocenters. The van der Waals surface area contributed by atoms with Crippen LogP contribution in [0, 0.1) is 0 Å². The fourth-order valence-electron chi connectivity index (χ4n) is 3.48. The molecule has 0 fully saturated rings. The molecule has 0 amide bonds. The van der Waals surface area contributed by atoms with E-state index in [2.05, 4.69) is 11.1 Å². The first-order valence-corrected chi connectivity index (χ1v) is 9.48. The molecular weight excluding hydrogens is 377 g/mol. The van der Waals surface area contributed by atoms with Crippen molar-refractivity contribution >= 4 is 39.9 Å². The average Bonchev–Trinajstić information content (AvgIpc) is 3.12. The van der Waals surface area contributed by atoms with Gasteiger partial charge in [-0.2, -0.15) is 0 Å². The van der Waals surface area contributed by atoms with Crippen LogP contribution in [0.25, 0.3) is 10.9 Å². The molecule has 134 valence electrons. The molecule has 1 unspecified atom stereocenters. The second-order valence-electron chi connectivity index (χ2n) is 6.50. The molecule has 4 aromatic rings. The molecular formula is C23H17Cl2NO. The smallest absolute Gasteiger partial charge is 0.163 e. The van der Waals surface area contributed by atoms with E-state index < -0.39 is 0 Å². The first-order valence-electron chi connectivity index (χ1n) is 8.72. The highest BCUT2D eigenvalue weighted by Crippen LogP contribution is 2.38. The number of aromatic nitrogens is 1. The molecule has 1 heterocycles. The van der Waals surface area contributed by atoms with Crippen molar-refractivity contribution in [3.63, 3.8) is 0 Å². The standard InChI is InChI=1S/C23H17Cl2NO/c24-16-10-11-21(25)19(12-16)18(13-23(27)15-6-2-1-3-7-15)20-14-26-22-9-5-4-8-17(20)22/h1-12,14,18,26H,13H2. The Bertz CT molecular complexity index is 1100. The molecule has 0 spiro atoms. The molecule has 27 heavy (non-hydrogen) atoms. The first-order chi connectivity index (χ1) is 13.1. The van der Waals surface area contributed by atoms with Crippen LogP contribution < -0.4 is 0 Å². The van der Waals surface area contributed by atoms with Crippen LogP contribution in [0.4, 0.5) is 0 Å². The number of halogens is 2. The Morgan fingerprint density at radius 3 is 2.44 bits per heavy atom. The van der Waals surface area contributed by atoms with Gasteiger partial charge in [0, 0.05) is 45.0 Å². The highest BCUT2D eigenvalue weighted by molar-refractivity contribution is 6.33. The molecule has 4 rings (SSSR count). The molecule has 0 saturated carbocycles. The van der Waals surface area contributed by atoms with Crippen LogP contribution in [0.5, 0.6) is 0 Å². The van der Waals surface area contributed by atoms with Crippen LogP contribution in [-0.2, 0) is 0 Å². The van der Waals surface area contributed by atoms with E-state index in [1.54, 1.807) is 12.1 Å². The zero-order chi connectivity index (χ0) is 18.8. The predicted octanol–water partition coefficient (Wildman–Crippen LogP) is 6.88. The minimum absolute atomic E-state index is 0.0712. The fourth-order valence-corrected chi connectivity index (χ4v) is 3.91. The van der Waals surface area contributed by atoms with Crippen LogP contribution >= 0.6 is 23.2 Å². The summed E-state index contributed by atoms with van der Waals surface area (Å²) >= 11 is 12.8. The number of fused-ring (bicyclic) bond motifs is 1. The van der Waals surface area contributed by atoms with Gasteiger partial charge in [0.25, 0.3) is 0 Å². The van der Waals surface area contributed by atoms with Crippen molar-refractivity contribution in [2.75, 3.05) is 0 Å². The number of benzene rings is 3. The number of para-hydroxylation sites is 1. The molecule has 0 aliphatic rings. The summed E-state index contributed by atoms with van der Waals surface area (Å²) in [5, 5.41) is 2.29. The lowest BCUT2D eigenvalue weighted by atomic mass is 9.85. The Kier molecular flexibility index (Phi) is 5.02. The van der Waals surface area contributed by atoms with Gasteiger partial charge in [0.15, 0.2) is 5.78 Å². The third-order valence-electron chi connectivity index (χ3n) is 4.82. The lowest BCUT2D eigenvalue weighted by Gasteiger charge is -2.18. The van der Waals surface area contributed by atoms with E-state index in [9.17, 15) is 4.79 Å². The maximum atomic E-state index is 13.0. The third kappa shape index (κ3) is 3.64. The number of H-pyrrole nitrogens is 1. The number of aromatic amines is 1. The summed E-state index contributed by atoms with van der Waals surface area (Å²) in [5.41, 5.74) is 3.63. The summed E-state index contributed by atoms with van der Waals surface area (Å²) in [4.78, 5) is 16.3. The van der Waals surface area contributed by atoms with E-state index >= 15 is 0 Å². The number of nitrogens with one attached hydrogen (secondary N) is 1. The normalized spacial score (nSPS) is 12.2. The molecule has 1 N–H and O–H groups in total. The number of hydrogen-bond acceptors (Lipinski definition) is 1. The summed E-state index contributed by atoms with van der Waals surface area (Å²) in [5.74, 6) is -0.123. The number of ketones is 1. The van der Waals surface area contributed by atoms with Gasteiger partial charge < -0.3 is 4.98 Å². The fraction of sp³-hybridized carbons (Fsp3) is 0.0870. The van der Waals surface area contributed by atoms with Crippen LogP contribution in [0.3, 0.4) is 0 Å². The van der Waals surface area contributed by atoms with Gasteiger partial charge in [0.1, 0.15) is 0 Å². The number of Topliss-reactive ketones (excluding diaryl/α,β-unsaturated/α-hetero) is 1. The second kappa shape index (κ2) is 7.59. The number of carbonyl (C=O) groups excluding carboxylic acids is 1. The molecule has 3 aromatic carbocycles. The lowest BCUT2D eigenvalue weighted by molar-refractivity contribution is 0.0978. The SMILES string of the molecule is O=C(CC(c1cc(Cl)ccc1Cl)c1c[nH]c2ccccc12)c1ccccc1. The summed E-state index contributed by atoms with van der Waals surface area (Å²) in [6.45, 7) is 0. The van der Waals surface area contributed by atoms with Gasteiger partial charge >= 0.3 is 0 Å². The molecule has 0 aliphatic heterocycles. The summed E-state index contributed by atoms with van der Waals surface area (Å²) < 4.78 is 0. The van der Waals surface area contributed by atoms with Gasteiger partial charge in [0.05, 0.1) is 0 Å². The maximum Gasteiger partial charge on any atom is 0.163 e. The Morgan fingerprint density at radius 2 is 1.63 bits per heavy atom. The predicted molar refractivity (Wildman–Crippen MR) is 112 cm³/mol. The van der Waals surface area contributed by atoms with Crippen LogP contribution in [0.15, 0.2) is 79.0 Å². The third-order valence-corrected chi connectivity index (χ3v) is 5.39. The van der Waals surface area contributed by atoms with Crippen molar-refractivity contribution in [2.45, 2.75) is 12.3 Å².